The summed E-state index contributed by atoms with van der Waals surface area (Å²) in [5.74, 6) is 0.177. The Balaban J connectivity index is 1.52. The van der Waals surface area contributed by atoms with Crippen molar-refractivity contribution in [3.8, 4) is 0 Å². The van der Waals surface area contributed by atoms with Gasteiger partial charge in [0.1, 0.15) is 0 Å². The fourth-order valence-corrected chi connectivity index (χ4v) is 4.68. The van der Waals surface area contributed by atoms with Gasteiger partial charge in [-0.05, 0) is 40.3 Å². The molecule has 1 amide bonds. The summed E-state index contributed by atoms with van der Waals surface area (Å²) in [6.45, 7) is 10.8. The van der Waals surface area contributed by atoms with Gasteiger partial charge >= 0.3 is 0 Å². The second-order valence-corrected chi connectivity index (χ2v) is 8.46. The molecule has 2 fully saturated rings. The Bertz CT molecular complexity index is 592. The zero-order valence-corrected chi connectivity index (χ0v) is 16.7. The number of carbonyl (C=O) groups excluding carboxylic acids is 1. The molecular weight excluding hydrogens is 334 g/mol. The first kappa shape index (κ1) is 18.6. The van der Waals surface area contributed by atoms with Crippen molar-refractivity contribution in [1.82, 2.24) is 19.7 Å². The van der Waals surface area contributed by atoms with Crippen LogP contribution >= 0.6 is 11.3 Å². The summed E-state index contributed by atoms with van der Waals surface area (Å²) in [5, 5.41) is 6.70. The molecule has 0 spiro atoms. The molecule has 25 heavy (non-hydrogen) atoms. The van der Waals surface area contributed by atoms with E-state index in [9.17, 15) is 4.79 Å². The van der Waals surface area contributed by atoms with Gasteiger partial charge in [-0.2, -0.15) is 0 Å². The third-order valence-electron chi connectivity index (χ3n) is 5.60. The first-order valence-corrected chi connectivity index (χ1v) is 10.2. The van der Waals surface area contributed by atoms with E-state index in [4.69, 9.17) is 4.98 Å². The molecule has 7 heteroatoms. The first-order valence-electron chi connectivity index (χ1n) is 9.33. The minimum atomic E-state index is 0.177. The third-order valence-corrected chi connectivity index (χ3v) is 6.45. The van der Waals surface area contributed by atoms with Crippen molar-refractivity contribution in [3.05, 3.63) is 11.1 Å². The summed E-state index contributed by atoms with van der Waals surface area (Å²) in [6.07, 6.45) is 2.58. The molecule has 1 N–H and O–H groups in total. The smallest absolute Gasteiger partial charge is 0.219 e. The molecule has 0 radical (unpaired) electrons. The Hall–Kier alpha value is -1.18. The minimum absolute atomic E-state index is 0.177. The molecule has 2 aliphatic rings. The number of amides is 1. The number of rotatable bonds is 5. The number of nitrogens with one attached hydrogen (secondary N) is 1. The van der Waals surface area contributed by atoms with Crippen LogP contribution in [0.1, 0.15) is 39.3 Å². The quantitative estimate of drug-likeness (QED) is 0.866. The second kappa shape index (κ2) is 8.01. The molecular formula is C18H31N5OS. The monoisotopic (exact) mass is 365 g/mol. The fourth-order valence-electron chi connectivity index (χ4n) is 3.97. The lowest BCUT2D eigenvalue weighted by Gasteiger charge is -2.43. The maximum atomic E-state index is 11.7. The molecule has 2 aliphatic heterocycles. The van der Waals surface area contributed by atoms with Crippen molar-refractivity contribution in [2.75, 3.05) is 38.5 Å². The molecule has 0 saturated carbocycles. The molecule has 2 saturated heterocycles. The lowest BCUT2D eigenvalue weighted by atomic mass is 10.1. The van der Waals surface area contributed by atoms with E-state index in [1.54, 1.807) is 18.3 Å². The highest BCUT2D eigenvalue weighted by atomic mass is 32.1. The van der Waals surface area contributed by atoms with E-state index < -0.39 is 0 Å². The lowest BCUT2D eigenvalue weighted by molar-refractivity contribution is -0.134. The summed E-state index contributed by atoms with van der Waals surface area (Å²) in [6, 6.07) is 1.26. The van der Waals surface area contributed by atoms with Crippen LogP contribution in [0, 0.1) is 0 Å². The van der Waals surface area contributed by atoms with Crippen molar-refractivity contribution in [2.24, 2.45) is 0 Å². The van der Waals surface area contributed by atoms with Crippen molar-refractivity contribution in [2.45, 2.75) is 58.3 Å². The maximum absolute atomic E-state index is 11.7. The highest BCUT2D eigenvalue weighted by Crippen LogP contribution is 2.22. The van der Waals surface area contributed by atoms with Gasteiger partial charge in [0.2, 0.25) is 5.91 Å². The number of thiazole rings is 1. The molecule has 0 aliphatic carbocycles. The Morgan fingerprint density at radius 1 is 1.36 bits per heavy atom. The Morgan fingerprint density at radius 2 is 2.16 bits per heavy atom. The van der Waals surface area contributed by atoms with Crippen LogP contribution in [-0.2, 0) is 11.3 Å². The van der Waals surface area contributed by atoms with Gasteiger partial charge in [-0.3, -0.25) is 9.69 Å². The Kier molecular flexibility index (Phi) is 5.96. The predicted molar refractivity (Wildman–Crippen MR) is 103 cm³/mol. The Labute approximate surface area is 155 Å². The van der Waals surface area contributed by atoms with Crippen LogP contribution in [0.25, 0.3) is 0 Å². The number of anilines is 1. The number of hydrogen-bond donors (Lipinski definition) is 1. The number of hydrogen-bond acceptors (Lipinski definition) is 6. The normalized spacial score (nSPS) is 28.5. The highest BCUT2D eigenvalue weighted by molar-refractivity contribution is 7.13. The van der Waals surface area contributed by atoms with Crippen LogP contribution in [0.15, 0.2) is 5.38 Å². The molecule has 3 rings (SSSR count). The zero-order valence-electron chi connectivity index (χ0n) is 15.9. The SMILES string of the molecule is CC(=O)N1C[C@@H](C)N(Cc2csc(NC[C@@H]3CCCN3C)n2)C[C@H]1C. The van der Waals surface area contributed by atoms with E-state index in [1.807, 2.05) is 4.90 Å². The number of nitrogens with zero attached hydrogens (tertiary/aromatic N) is 4. The molecule has 3 atom stereocenters. The fraction of sp³-hybridized carbons (Fsp3) is 0.778. The van der Waals surface area contributed by atoms with Gasteiger partial charge in [0.25, 0.3) is 0 Å². The van der Waals surface area contributed by atoms with Gasteiger partial charge < -0.3 is 15.1 Å². The number of likely N-dealkylation sites (N-methyl/N-ethyl adjacent to an activating group) is 1. The van der Waals surface area contributed by atoms with Crippen LogP contribution in [0.5, 0.6) is 0 Å². The average molecular weight is 366 g/mol. The highest BCUT2D eigenvalue weighted by Gasteiger charge is 2.30. The van der Waals surface area contributed by atoms with Gasteiger partial charge in [0.15, 0.2) is 5.13 Å². The van der Waals surface area contributed by atoms with E-state index in [0.29, 0.717) is 12.1 Å². The topological polar surface area (TPSA) is 51.7 Å². The largest absolute Gasteiger partial charge is 0.360 e. The Morgan fingerprint density at radius 3 is 2.84 bits per heavy atom. The van der Waals surface area contributed by atoms with Crippen molar-refractivity contribution >= 4 is 22.4 Å². The summed E-state index contributed by atoms with van der Waals surface area (Å²) in [7, 11) is 2.20. The minimum Gasteiger partial charge on any atom is -0.360 e. The number of aromatic nitrogens is 1. The van der Waals surface area contributed by atoms with E-state index in [2.05, 4.69) is 41.4 Å². The first-order chi connectivity index (χ1) is 11.9. The number of piperazine rings is 1. The van der Waals surface area contributed by atoms with Crippen LogP contribution in [0.4, 0.5) is 5.13 Å². The second-order valence-electron chi connectivity index (χ2n) is 7.60. The van der Waals surface area contributed by atoms with E-state index >= 15 is 0 Å². The molecule has 6 nitrogen and oxygen atoms in total. The van der Waals surface area contributed by atoms with Crippen LogP contribution in [0.2, 0.25) is 0 Å². The molecule has 1 aromatic heterocycles. The van der Waals surface area contributed by atoms with E-state index in [1.165, 1.54) is 19.4 Å². The summed E-state index contributed by atoms with van der Waals surface area (Å²) < 4.78 is 0. The zero-order chi connectivity index (χ0) is 18.0. The predicted octanol–water partition coefficient (Wildman–Crippen LogP) is 2.09. The van der Waals surface area contributed by atoms with Gasteiger partial charge in [0, 0.05) is 56.6 Å². The molecule has 0 aromatic carbocycles. The molecule has 3 heterocycles. The summed E-state index contributed by atoms with van der Waals surface area (Å²) in [5.41, 5.74) is 1.13. The standard InChI is InChI=1S/C18H31N5OS/c1-13-10-23(15(3)24)14(2)9-22(13)11-16-12-25-18(20-16)19-8-17-6-5-7-21(17)4/h12-14,17H,5-11H2,1-4H3,(H,19,20)/t13-,14-,17+/m1/s1. The number of carbonyl (C=O) groups is 1. The molecule has 140 valence electrons. The van der Waals surface area contributed by atoms with Crippen LogP contribution in [-0.4, -0.2) is 76.9 Å². The van der Waals surface area contributed by atoms with E-state index in [-0.39, 0.29) is 11.9 Å². The van der Waals surface area contributed by atoms with Crippen LogP contribution < -0.4 is 5.32 Å². The van der Waals surface area contributed by atoms with E-state index in [0.717, 1.165) is 37.0 Å². The van der Waals surface area contributed by atoms with Gasteiger partial charge in [-0.1, -0.05) is 0 Å². The average Bonchev–Trinajstić information content (AvgIpc) is 3.17. The van der Waals surface area contributed by atoms with Crippen molar-refractivity contribution in [1.29, 1.82) is 0 Å². The van der Waals surface area contributed by atoms with Crippen LogP contribution in [0.3, 0.4) is 0 Å². The van der Waals surface area contributed by atoms with Gasteiger partial charge in [0.05, 0.1) is 5.69 Å². The summed E-state index contributed by atoms with van der Waals surface area (Å²) >= 11 is 1.70. The van der Waals surface area contributed by atoms with Gasteiger partial charge in [-0.15, -0.1) is 11.3 Å². The molecule has 0 unspecified atom stereocenters. The lowest BCUT2D eigenvalue weighted by Crippen LogP contribution is -2.57. The molecule has 0 bridgehead atoms. The number of likely N-dealkylation sites (tertiary alicyclic amines) is 1. The van der Waals surface area contributed by atoms with Crippen molar-refractivity contribution in [3.63, 3.8) is 0 Å². The third kappa shape index (κ3) is 4.51. The summed E-state index contributed by atoms with van der Waals surface area (Å²) in [4.78, 5) is 23.3. The maximum Gasteiger partial charge on any atom is 0.219 e. The van der Waals surface area contributed by atoms with Gasteiger partial charge in [-0.25, -0.2) is 4.98 Å². The van der Waals surface area contributed by atoms with Crippen molar-refractivity contribution < 1.29 is 4.79 Å². The molecule has 1 aromatic rings.